The summed E-state index contributed by atoms with van der Waals surface area (Å²) in [6.45, 7) is 0. The first-order valence-corrected chi connectivity index (χ1v) is 3.50. The maximum absolute atomic E-state index is 12.2. The maximum Gasteiger partial charge on any atom is 0.339 e. The van der Waals surface area contributed by atoms with Gasteiger partial charge in [-0.25, -0.2) is 18.0 Å². The minimum Gasteiger partial charge on any atom is -0.479 e. The highest BCUT2D eigenvalue weighted by Gasteiger charge is 2.47. The van der Waals surface area contributed by atoms with Gasteiger partial charge < -0.3 is 5.11 Å². The molecule has 2 unspecified atom stereocenters. The molecule has 0 spiro atoms. The smallest absolute Gasteiger partial charge is 0.339 e. The van der Waals surface area contributed by atoms with Crippen LogP contribution in [0.15, 0.2) is 0 Å². The highest BCUT2D eigenvalue weighted by Crippen LogP contribution is 2.33. The van der Waals surface area contributed by atoms with Crippen molar-refractivity contribution >= 4 is 33.5 Å². The number of carboxylic acids is 1. The second kappa shape index (κ2) is 3.62. The normalized spacial score (nSPS) is 19.5. The van der Waals surface area contributed by atoms with E-state index in [9.17, 15) is 18.0 Å². The van der Waals surface area contributed by atoms with Crippen LogP contribution < -0.4 is 0 Å². The van der Waals surface area contributed by atoms with E-state index in [0.717, 1.165) is 0 Å². The first-order chi connectivity index (χ1) is 4.80. The molecule has 0 aromatic heterocycles. The molecule has 2 nitrogen and oxygen atoms in total. The van der Waals surface area contributed by atoms with Crippen LogP contribution in [0, 0.1) is 0 Å². The monoisotopic (exact) mass is 254 g/mol. The van der Waals surface area contributed by atoms with Crippen LogP contribution in [0.2, 0.25) is 0 Å². The van der Waals surface area contributed by atoms with Gasteiger partial charge in [-0.2, -0.15) is 0 Å². The van der Waals surface area contributed by atoms with Crippen molar-refractivity contribution in [2.45, 2.75) is 16.4 Å². The van der Waals surface area contributed by atoms with E-state index in [0.29, 0.717) is 0 Å². The number of carbonyl (C=O) groups is 1. The van der Waals surface area contributed by atoms with Gasteiger partial charge in [0.15, 0.2) is 0 Å². The lowest BCUT2D eigenvalue weighted by molar-refractivity contribution is -0.140. The number of rotatable bonds is 3. The lowest BCUT2D eigenvalue weighted by atomic mass is 10.3. The first-order valence-electron chi connectivity index (χ1n) is 2.33. The van der Waals surface area contributed by atoms with Crippen LogP contribution in [-0.4, -0.2) is 27.5 Å². The third kappa shape index (κ3) is 2.52. The van der Waals surface area contributed by atoms with Gasteiger partial charge in [0.2, 0.25) is 9.96 Å². The topological polar surface area (TPSA) is 37.3 Å². The van der Waals surface area contributed by atoms with Crippen LogP contribution in [0.3, 0.4) is 0 Å². The van der Waals surface area contributed by atoms with Crippen molar-refractivity contribution in [1.29, 1.82) is 0 Å². The van der Waals surface area contributed by atoms with Gasteiger partial charge in [0.1, 0.15) is 0 Å². The summed E-state index contributed by atoms with van der Waals surface area (Å²) >= 11 is 7.00. The Hall–Kier alpha value is 0.0300. The van der Waals surface area contributed by atoms with Gasteiger partial charge in [-0.1, -0.05) is 27.5 Å². The quantitative estimate of drug-likeness (QED) is 0.783. The van der Waals surface area contributed by atoms with Crippen LogP contribution in [-0.2, 0) is 4.79 Å². The number of aliphatic carboxylic acids is 1. The molecule has 0 aliphatic heterocycles. The zero-order valence-corrected chi connectivity index (χ0v) is 7.24. The second-order valence-electron chi connectivity index (χ2n) is 1.66. The average Bonchev–Trinajstić information content (AvgIpc) is 1.85. The Labute approximate surface area is 73.5 Å². The maximum atomic E-state index is 12.2. The van der Waals surface area contributed by atoms with E-state index in [1.165, 1.54) is 0 Å². The van der Waals surface area contributed by atoms with Crippen LogP contribution in [0.1, 0.15) is 0 Å². The van der Waals surface area contributed by atoms with E-state index >= 15 is 0 Å². The Morgan fingerprint density at radius 2 is 1.91 bits per heavy atom. The molecule has 7 heteroatoms. The fourth-order valence-corrected chi connectivity index (χ4v) is 0.571. The molecule has 0 rings (SSSR count). The van der Waals surface area contributed by atoms with Crippen molar-refractivity contribution in [2.24, 2.45) is 0 Å². The predicted octanol–water partition coefficient (Wildman–Crippen LogP) is 2.00. The van der Waals surface area contributed by atoms with Gasteiger partial charge in [-0.15, -0.1) is 0 Å². The van der Waals surface area contributed by atoms with E-state index < -0.39 is 22.3 Å². The van der Waals surface area contributed by atoms with Gasteiger partial charge in [0, 0.05) is 0 Å². The SMILES string of the molecule is O=C(O)C(Cl)(Br)C(F)C(F)F. The Morgan fingerprint density at radius 1 is 1.55 bits per heavy atom. The minimum absolute atomic E-state index is 1.88. The van der Waals surface area contributed by atoms with Crippen LogP contribution in [0.4, 0.5) is 13.2 Å². The number of hydrogen-bond acceptors (Lipinski definition) is 1. The molecule has 0 aromatic rings. The zero-order valence-electron chi connectivity index (χ0n) is 4.90. The molecule has 0 heterocycles. The first kappa shape index (κ1) is 11.0. The molecule has 11 heavy (non-hydrogen) atoms. The standard InChI is InChI=1S/C4H3BrClF3O2/c5-4(6,3(10)11)1(7)2(8)9/h1-2H,(H,10,11). The number of hydrogen-bond donors (Lipinski definition) is 1. The van der Waals surface area contributed by atoms with Crippen molar-refractivity contribution in [1.82, 2.24) is 0 Å². The summed E-state index contributed by atoms with van der Waals surface area (Å²) in [5.41, 5.74) is 0. The Bertz CT molecular complexity index is 163. The third-order valence-electron chi connectivity index (χ3n) is 0.853. The van der Waals surface area contributed by atoms with Gasteiger partial charge in [-0.3, -0.25) is 0 Å². The average molecular weight is 255 g/mol. The molecule has 0 saturated heterocycles. The number of carboxylic acid groups (broad SMARTS) is 1. The molecule has 0 aliphatic carbocycles. The summed E-state index contributed by atoms with van der Waals surface area (Å²) in [4.78, 5) is 10.0. The molecule has 0 amide bonds. The van der Waals surface area contributed by atoms with Crippen molar-refractivity contribution in [3.63, 3.8) is 0 Å². The van der Waals surface area contributed by atoms with E-state index in [4.69, 9.17) is 16.7 Å². The molecular formula is C4H3BrClF3O2. The van der Waals surface area contributed by atoms with Gasteiger partial charge in [0.25, 0.3) is 6.43 Å². The van der Waals surface area contributed by atoms with E-state index in [1.54, 1.807) is 0 Å². The van der Waals surface area contributed by atoms with Crippen molar-refractivity contribution in [3.8, 4) is 0 Å². The molecule has 0 bridgehead atoms. The highest BCUT2D eigenvalue weighted by atomic mass is 79.9. The van der Waals surface area contributed by atoms with Crippen molar-refractivity contribution in [3.05, 3.63) is 0 Å². The van der Waals surface area contributed by atoms with E-state index in [2.05, 4.69) is 15.9 Å². The molecule has 0 aromatic carbocycles. The van der Waals surface area contributed by atoms with Gasteiger partial charge >= 0.3 is 5.97 Å². The number of halogens is 5. The largest absolute Gasteiger partial charge is 0.479 e. The van der Waals surface area contributed by atoms with Gasteiger partial charge in [0.05, 0.1) is 0 Å². The predicted molar refractivity (Wildman–Crippen MR) is 36.0 cm³/mol. The zero-order chi connectivity index (χ0) is 9.23. The lowest BCUT2D eigenvalue weighted by Crippen LogP contribution is -2.40. The van der Waals surface area contributed by atoms with Crippen LogP contribution in [0.25, 0.3) is 0 Å². The Kier molecular flexibility index (Phi) is 3.63. The Balaban J connectivity index is 4.42. The van der Waals surface area contributed by atoms with E-state index in [1.807, 2.05) is 0 Å². The molecule has 66 valence electrons. The summed E-state index contributed by atoms with van der Waals surface area (Å²) in [5, 5.41) is 8.11. The summed E-state index contributed by atoms with van der Waals surface area (Å²) < 4.78 is 32.6. The van der Waals surface area contributed by atoms with Crippen LogP contribution >= 0.6 is 27.5 Å². The van der Waals surface area contributed by atoms with E-state index in [-0.39, 0.29) is 0 Å². The molecule has 2 atom stereocenters. The molecule has 0 fully saturated rings. The molecule has 0 aliphatic rings. The minimum atomic E-state index is -3.43. The molecule has 1 N–H and O–H groups in total. The Morgan fingerprint density at radius 3 is 2.00 bits per heavy atom. The summed E-state index contributed by atoms with van der Waals surface area (Å²) in [6, 6.07) is 0. The second-order valence-corrected chi connectivity index (χ2v) is 3.97. The highest BCUT2D eigenvalue weighted by molar-refractivity contribution is 9.10. The van der Waals surface area contributed by atoms with Crippen molar-refractivity contribution in [2.75, 3.05) is 0 Å². The fourth-order valence-electron chi connectivity index (χ4n) is 0.276. The van der Waals surface area contributed by atoms with Gasteiger partial charge in [-0.05, 0) is 0 Å². The summed E-state index contributed by atoms with van der Waals surface area (Å²) in [6.07, 6.45) is -6.37. The lowest BCUT2D eigenvalue weighted by Gasteiger charge is -2.18. The van der Waals surface area contributed by atoms with Crippen LogP contribution in [0.5, 0.6) is 0 Å². The summed E-state index contributed by atoms with van der Waals surface area (Å²) in [7, 11) is 0. The molecular weight excluding hydrogens is 252 g/mol. The third-order valence-corrected chi connectivity index (χ3v) is 2.00. The van der Waals surface area contributed by atoms with Crippen molar-refractivity contribution < 1.29 is 23.1 Å². The molecule has 0 radical (unpaired) electrons. The summed E-state index contributed by atoms with van der Waals surface area (Å²) in [5.74, 6) is -1.88. The molecule has 0 saturated carbocycles. The number of alkyl halides is 5. The fraction of sp³-hybridized carbons (Fsp3) is 0.750.